The van der Waals surface area contributed by atoms with Crippen LogP contribution >= 0.6 is 0 Å². The monoisotopic (exact) mass is 516 g/mol. The Bertz CT molecular complexity index is 666. The van der Waals surface area contributed by atoms with E-state index in [1.54, 1.807) is 0 Å². The van der Waals surface area contributed by atoms with Gasteiger partial charge in [0.05, 0.1) is 0 Å². The summed E-state index contributed by atoms with van der Waals surface area (Å²) in [6, 6.07) is 0. The summed E-state index contributed by atoms with van der Waals surface area (Å²) in [5.74, 6) is -39.7. The van der Waals surface area contributed by atoms with Crippen LogP contribution in [0, 0.1) is 0 Å². The molecule has 3 nitrogen and oxygen atoms in total. The maximum atomic E-state index is 13.1. The predicted molar refractivity (Wildman–Crippen MR) is 55.1 cm³/mol. The molecule has 20 heteroatoms. The third kappa shape index (κ3) is 5.12. The molecule has 0 spiro atoms. The molecule has 0 aliphatic rings. The largest absolute Gasteiger partial charge is 1.00 e. The Balaban J connectivity index is 0. The maximum Gasteiger partial charge on any atom is 1.00 e. The van der Waals surface area contributed by atoms with Gasteiger partial charge < -0.3 is 4.55 Å². The summed E-state index contributed by atoms with van der Waals surface area (Å²) in [4.78, 5) is 0. The van der Waals surface area contributed by atoms with Crippen molar-refractivity contribution in [3.05, 3.63) is 0 Å². The average molecular weight is 516 g/mol. The van der Waals surface area contributed by atoms with Crippen LogP contribution in [0.1, 0.15) is 0 Å². The number of hydrogen-bond acceptors (Lipinski definition) is 3. The Morgan fingerprint density at radius 3 is 1.21 bits per heavy atom. The first-order chi connectivity index (χ1) is 11.9. The first-order valence-electron chi connectivity index (χ1n) is 5.96. The second kappa shape index (κ2) is 9.16. The fourth-order valence-electron chi connectivity index (χ4n) is 1.44. The third-order valence-electron chi connectivity index (χ3n) is 3.03. The van der Waals surface area contributed by atoms with E-state index < -0.39 is 64.0 Å². The van der Waals surface area contributed by atoms with E-state index in [1.807, 2.05) is 0 Å². The van der Waals surface area contributed by atoms with Crippen molar-refractivity contribution in [2.75, 3.05) is 0 Å². The number of alkyl halides is 15. The summed E-state index contributed by atoms with van der Waals surface area (Å²) in [6.07, 6.45) is -15.6. The molecule has 0 heterocycles. The second-order valence-electron chi connectivity index (χ2n) is 4.96. The zero-order chi connectivity index (χ0) is 23.3. The minimum Gasteiger partial charge on any atom is -0.746 e. The van der Waals surface area contributed by atoms with Crippen LogP contribution in [0.15, 0.2) is 0 Å². The van der Waals surface area contributed by atoms with Gasteiger partial charge in [0.2, 0.25) is 6.17 Å². The fourth-order valence-corrected chi connectivity index (χ4v) is 1.95. The van der Waals surface area contributed by atoms with Gasteiger partial charge in [-0.05, 0) is 0 Å². The van der Waals surface area contributed by atoms with Crippen LogP contribution in [0.3, 0.4) is 0 Å². The Morgan fingerprint density at radius 2 is 0.931 bits per heavy atom. The standard InChI is InChI=1S/C9H5F15O3S.K/c10-1(3(12)13)2(11)5(15,16)7(19,20)9(23,24)8(21,22)6(17,18)4(14)28(25,26)27;/h1-4H,(H,25,26,27);/q;+1/p-1. The molecule has 0 rings (SSSR count). The Morgan fingerprint density at radius 1 is 0.621 bits per heavy atom. The molecular weight excluding hydrogens is 512 g/mol. The molecule has 29 heavy (non-hydrogen) atoms. The summed E-state index contributed by atoms with van der Waals surface area (Å²) < 4.78 is 222. The zero-order valence-electron chi connectivity index (χ0n) is 13.1. The molecule has 0 aliphatic heterocycles. The van der Waals surface area contributed by atoms with E-state index in [2.05, 4.69) is 0 Å². The van der Waals surface area contributed by atoms with E-state index >= 15 is 0 Å². The molecule has 0 aliphatic carbocycles. The molecule has 0 N–H and O–H groups in total. The molecular formula is C9H4F15KO3S. The van der Waals surface area contributed by atoms with Crippen LogP contribution in [0.25, 0.3) is 0 Å². The quantitative estimate of drug-likeness (QED) is 0.261. The summed E-state index contributed by atoms with van der Waals surface area (Å²) in [6.45, 7) is 0. The molecule has 0 saturated carbocycles. The second-order valence-corrected chi connectivity index (χ2v) is 6.36. The molecule has 0 bridgehead atoms. The van der Waals surface area contributed by atoms with E-state index in [-0.39, 0.29) is 51.4 Å². The van der Waals surface area contributed by atoms with Gasteiger partial charge >= 0.3 is 81.0 Å². The summed E-state index contributed by atoms with van der Waals surface area (Å²) in [5, 5.41) is 0. The summed E-state index contributed by atoms with van der Waals surface area (Å²) in [5.41, 5.74) is -5.89. The van der Waals surface area contributed by atoms with Gasteiger partial charge in [-0.2, -0.15) is 43.9 Å². The predicted octanol–water partition coefficient (Wildman–Crippen LogP) is 0.949. The molecule has 0 amide bonds. The summed E-state index contributed by atoms with van der Waals surface area (Å²) >= 11 is 0. The van der Waals surface area contributed by atoms with E-state index in [0.29, 0.717) is 0 Å². The van der Waals surface area contributed by atoms with Crippen LogP contribution in [-0.2, 0) is 10.1 Å². The van der Waals surface area contributed by atoms with Gasteiger partial charge in [-0.3, -0.25) is 0 Å². The Labute approximate surface area is 193 Å². The van der Waals surface area contributed by atoms with Crippen molar-refractivity contribution >= 4 is 10.1 Å². The SMILES string of the molecule is O=S(=O)([O-])C(F)C(F)(F)C(F)(F)C(F)(F)C(F)(F)C(F)(F)C(F)C(F)C(F)F.[K+]. The van der Waals surface area contributed by atoms with Gasteiger partial charge in [0.1, 0.15) is 10.1 Å². The zero-order valence-corrected chi connectivity index (χ0v) is 17.1. The van der Waals surface area contributed by atoms with Crippen LogP contribution in [0.2, 0.25) is 0 Å². The van der Waals surface area contributed by atoms with Crippen molar-refractivity contribution < 1.29 is 130 Å². The molecule has 0 radical (unpaired) electrons. The molecule has 0 fully saturated rings. The van der Waals surface area contributed by atoms with Gasteiger partial charge in [-0.25, -0.2) is 30.4 Å². The average Bonchev–Trinajstić information content (AvgIpc) is 2.50. The molecule has 0 aromatic carbocycles. The molecule has 0 aromatic heterocycles. The molecule has 0 aromatic rings. The third-order valence-corrected chi connectivity index (χ3v) is 3.83. The van der Waals surface area contributed by atoms with Crippen LogP contribution < -0.4 is 51.4 Å². The van der Waals surface area contributed by atoms with Crippen LogP contribution in [-0.4, -0.2) is 66.9 Å². The van der Waals surface area contributed by atoms with Crippen molar-refractivity contribution in [1.29, 1.82) is 0 Å². The van der Waals surface area contributed by atoms with Gasteiger partial charge in [0.15, 0.2) is 6.17 Å². The maximum absolute atomic E-state index is 13.1. The fraction of sp³-hybridized carbons (Fsp3) is 1.00. The van der Waals surface area contributed by atoms with E-state index in [1.165, 1.54) is 0 Å². The minimum absolute atomic E-state index is 0. The molecule has 3 atom stereocenters. The van der Waals surface area contributed by atoms with Crippen LogP contribution in [0.4, 0.5) is 65.9 Å². The Hall–Kier alpha value is 0.496. The topological polar surface area (TPSA) is 57.2 Å². The molecule has 170 valence electrons. The van der Waals surface area contributed by atoms with Crippen molar-refractivity contribution in [2.24, 2.45) is 0 Å². The van der Waals surface area contributed by atoms with Crippen molar-refractivity contribution in [3.8, 4) is 0 Å². The van der Waals surface area contributed by atoms with Crippen molar-refractivity contribution in [3.63, 3.8) is 0 Å². The van der Waals surface area contributed by atoms with E-state index in [0.717, 1.165) is 0 Å². The van der Waals surface area contributed by atoms with Crippen LogP contribution in [0.5, 0.6) is 0 Å². The summed E-state index contributed by atoms with van der Waals surface area (Å²) in [7, 11) is -7.27. The first kappa shape index (κ1) is 31.7. The van der Waals surface area contributed by atoms with Crippen molar-refractivity contribution in [2.45, 2.75) is 53.9 Å². The van der Waals surface area contributed by atoms with Gasteiger partial charge in [-0.15, -0.1) is 0 Å². The number of halogens is 15. The molecule has 3 unspecified atom stereocenters. The Kier molecular flexibility index (Phi) is 10.0. The minimum atomic E-state index is -8.30. The first-order valence-corrected chi connectivity index (χ1v) is 7.43. The normalized spacial score (nSPS) is 18.2. The van der Waals surface area contributed by atoms with Gasteiger partial charge in [-0.1, -0.05) is 0 Å². The van der Waals surface area contributed by atoms with E-state index in [9.17, 15) is 78.8 Å². The number of hydrogen-bond donors (Lipinski definition) is 0. The van der Waals surface area contributed by atoms with E-state index in [4.69, 9.17) is 0 Å². The van der Waals surface area contributed by atoms with Gasteiger partial charge in [0.25, 0.3) is 11.9 Å². The van der Waals surface area contributed by atoms with Crippen molar-refractivity contribution in [1.82, 2.24) is 0 Å². The number of rotatable bonds is 9. The van der Waals surface area contributed by atoms with Gasteiger partial charge in [0, 0.05) is 0 Å². The smallest absolute Gasteiger partial charge is 0.746 e. The molecule has 0 saturated heterocycles.